The van der Waals surface area contributed by atoms with Gasteiger partial charge in [-0.3, -0.25) is 4.79 Å². The Kier molecular flexibility index (Phi) is 7.03. The van der Waals surface area contributed by atoms with Crippen LogP contribution in [0.4, 0.5) is 0 Å². The first kappa shape index (κ1) is 20.8. The van der Waals surface area contributed by atoms with E-state index in [1.165, 1.54) is 25.3 Å². The minimum absolute atomic E-state index is 0.0619. The minimum atomic E-state index is -3.71. The van der Waals surface area contributed by atoms with Crippen LogP contribution < -0.4 is 9.46 Å². The van der Waals surface area contributed by atoms with Gasteiger partial charge in [-0.15, -0.1) is 0 Å². The molecular formula is C19H24N2O5S2. The summed E-state index contributed by atoms with van der Waals surface area (Å²) in [6, 6.07) is 8.09. The highest BCUT2D eigenvalue weighted by Crippen LogP contribution is 2.25. The van der Waals surface area contributed by atoms with E-state index in [2.05, 4.69) is 4.72 Å². The average Bonchev–Trinajstić information content (AvgIpc) is 3.40. The summed E-state index contributed by atoms with van der Waals surface area (Å²) in [5.41, 5.74) is 0.277. The normalized spacial score (nSPS) is 14.4. The molecule has 2 aromatic rings. The van der Waals surface area contributed by atoms with Gasteiger partial charge >= 0.3 is 0 Å². The van der Waals surface area contributed by atoms with Crippen molar-refractivity contribution < 1.29 is 22.4 Å². The number of hydrogen-bond acceptors (Lipinski definition) is 6. The molecule has 0 bridgehead atoms. The molecule has 1 N–H and O–H groups in total. The molecule has 1 saturated heterocycles. The SMILES string of the molecule is COc1ccc(S(=O)(=O)NCCSCc2ccco2)cc1C(=O)N1CCCC1. The molecule has 1 aromatic heterocycles. The zero-order valence-electron chi connectivity index (χ0n) is 15.7. The van der Waals surface area contributed by atoms with Crippen molar-refractivity contribution in [2.75, 3.05) is 32.5 Å². The first-order valence-corrected chi connectivity index (χ1v) is 11.7. The number of hydrogen-bond donors (Lipinski definition) is 1. The maximum absolute atomic E-state index is 12.7. The largest absolute Gasteiger partial charge is 0.496 e. The Bertz CT molecular complexity index is 891. The third-order valence-electron chi connectivity index (χ3n) is 4.47. The first-order chi connectivity index (χ1) is 13.5. The van der Waals surface area contributed by atoms with Gasteiger partial charge in [-0.1, -0.05) is 0 Å². The van der Waals surface area contributed by atoms with Crippen molar-refractivity contribution >= 4 is 27.7 Å². The van der Waals surface area contributed by atoms with E-state index in [4.69, 9.17) is 9.15 Å². The fraction of sp³-hybridized carbons (Fsp3) is 0.421. The average molecular weight is 425 g/mol. The second-order valence-corrected chi connectivity index (χ2v) is 9.26. The molecule has 0 saturated carbocycles. The van der Waals surface area contributed by atoms with Crippen molar-refractivity contribution in [3.63, 3.8) is 0 Å². The predicted octanol–water partition coefficient (Wildman–Crippen LogP) is 2.74. The Hall–Kier alpha value is -1.97. The zero-order chi connectivity index (χ0) is 20.0. The highest BCUT2D eigenvalue weighted by atomic mass is 32.2. The number of benzene rings is 1. The molecule has 28 heavy (non-hydrogen) atoms. The quantitative estimate of drug-likeness (QED) is 0.623. The lowest BCUT2D eigenvalue weighted by Crippen LogP contribution is -2.29. The smallest absolute Gasteiger partial charge is 0.257 e. The Balaban J connectivity index is 1.63. The summed E-state index contributed by atoms with van der Waals surface area (Å²) in [6.07, 6.45) is 3.54. The third-order valence-corrected chi connectivity index (χ3v) is 6.91. The second kappa shape index (κ2) is 9.49. The van der Waals surface area contributed by atoms with Crippen LogP contribution in [0.25, 0.3) is 0 Å². The summed E-state index contributed by atoms with van der Waals surface area (Å²) in [5, 5.41) is 0. The van der Waals surface area contributed by atoms with Gasteiger partial charge < -0.3 is 14.1 Å². The number of methoxy groups -OCH3 is 1. The van der Waals surface area contributed by atoms with Crippen molar-refractivity contribution in [1.29, 1.82) is 0 Å². The highest BCUT2D eigenvalue weighted by Gasteiger charge is 2.25. The number of rotatable bonds is 9. The van der Waals surface area contributed by atoms with Crippen molar-refractivity contribution in [3.8, 4) is 5.75 Å². The number of nitrogens with zero attached hydrogens (tertiary/aromatic N) is 1. The molecule has 7 nitrogen and oxygen atoms in total. The van der Waals surface area contributed by atoms with E-state index >= 15 is 0 Å². The highest BCUT2D eigenvalue weighted by molar-refractivity contribution is 7.98. The van der Waals surface area contributed by atoms with Crippen LogP contribution in [0.5, 0.6) is 5.75 Å². The molecule has 0 unspecified atom stereocenters. The predicted molar refractivity (Wildman–Crippen MR) is 108 cm³/mol. The number of thioether (sulfide) groups is 1. The number of furan rings is 1. The van der Waals surface area contributed by atoms with Crippen LogP contribution >= 0.6 is 11.8 Å². The molecule has 1 fully saturated rings. The maximum Gasteiger partial charge on any atom is 0.257 e. The lowest BCUT2D eigenvalue weighted by Gasteiger charge is -2.18. The molecule has 152 valence electrons. The summed E-state index contributed by atoms with van der Waals surface area (Å²) in [7, 11) is -2.24. The van der Waals surface area contributed by atoms with Gasteiger partial charge in [-0.05, 0) is 43.2 Å². The summed E-state index contributed by atoms with van der Waals surface area (Å²) in [4.78, 5) is 14.5. The fourth-order valence-electron chi connectivity index (χ4n) is 3.01. The van der Waals surface area contributed by atoms with Crippen molar-refractivity contribution in [2.45, 2.75) is 23.5 Å². The van der Waals surface area contributed by atoms with Gasteiger partial charge in [0.25, 0.3) is 5.91 Å². The number of likely N-dealkylation sites (tertiary alicyclic amines) is 1. The third kappa shape index (κ3) is 5.09. The number of carbonyl (C=O) groups excluding carboxylic acids is 1. The fourth-order valence-corrected chi connectivity index (χ4v) is 4.95. The van der Waals surface area contributed by atoms with E-state index in [0.29, 0.717) is 30.3 Å². The van der Waals surface area contributed by atoms with E-state index in [1.54, 1.807) is 22.9 Å². The molecule has 0 aliphatic carbocycles. The molecule has 0 radical (unpaired) electrons. The van der Waals surface area contributed by atoms with Crippen LogP contribution in [0.3, 0.4) is 0 Å². The molecule has 1 aliphatic heterocycles. The zero-order valence-corrected chi connectivity index (χ0v) is 17.4. The standard InChI is InChI=1S/C19H24N2O5S2/c1-25-18-7-6-16(13-17(18)19(22)21-9-2-3-10-21)28(23,24)20-8-12-27-14-15-5-4-11-26-15/h4-7,11,13,20H,2-3,8-10,12,14H2,1H3. The first-order valence-electron chi connectivity index (χ1n) is 9.08. The molecule has 9 heteroatoms. The van der Waals surface area contributed by atoms with Gasteiger partial charge in [-0.25, -0.2) is 13.1 Å². The van der Waals surface area contributed by atoms with Crippen LogP contribution in [0.15, 0.2) is 45.9 Å². The number of sulfonamides is 1. The van der Waals surface area contributed by atoms with Crippen LogP contribution in [-0.2, 0) is 15.8 Å². The lowest BCUT2D eigenvalue weighted by atomic mass is 10.1. The number of ether oxygens (including phenoxy) is 1. The van der Waals surface area contributed by atoms with E-state index in [-0.39, 0.29) is 22.9 Å². The molecule has 1 amide bonds. The molecule has 1 aliphatic rings. The summed E-state index contributed by atoms with van der Waals surface area (Å²) < 4.78 is 38.3. The van der Waals surface area contributed by atoms with Gasteiger partial charge in [0.2, 0.25) is 10.0 Å². The number of amides is 1. The van der Waals surface area contributed by atoms with E-state index < -0.39 is 10.0 Å². The van der Waals surface area contributed by atoms with E-state index in [1.807, 2.05) is 12.1 Å². The van der Waals surface area contributed by atoms with Crippen LogP contribution in [0.1, 0.15) is 29.0 Å². The number of nitrogens with one attached hydrogen (secondary N) is 1. The van der Waals surface area contributed by atoms with Gasteiger partial charge in [0.05, 0.1) is 29.6 Å². The maximum atomic E-state index is 12.7. The lowest BCUT2D eigenvalue weighted by molar-refractivity contribution is 0.0789. The van der Waals surface area contributed by atoms with Crippen LogP contribution in [0, 0.1) is 0 Å². The van der Waals surface area contributed by atoms with Crippen LogP contribution in [0.2, 0.25) is 0 Å². The molecular weight excluding hydrogens is 400 g/mol. The van der Waals surface area contributed by atoms with Gasteiger partial charge in [0.1, 0.15) is 11.5 Å². The van der Waals surface area contributed by atoms with Crippen molar-refractivity contribution in [1.82, 2.24) is 9.62 Å². The van der Waals surface area contributed by atoms with Crippen LogP contribution in [-0.4, -0.2) is 51.7 Å². The Morgan fingerprint density at radius 2 is 2.07 bits per heavy atom. The molecule has 0 atom stereocenters. The van der Waals surface area contributed by atoms with Gasteiger partial charge in [-0.2, -0.15) is 11.8 Å². The summed E-state index contributed by atoms with van der Waals surface area (Å²) in [6.45, 7) is 1.66. The topological polar surface area (TPSA) is 88.9 Å². The van der Waals surface area contributed by atoms with E-state index in [0.717, 1.165) is 18.6 Å². The van der Waals surface area contributed by atoms with Gasteiger partial charge in [0.15, 0.2) is 0 Å². The Morgan fingerprint density at radius 3 is 2.75 bits per heavy atom. The number of carbonyl (C=O) groups is 1. The Labute approximate surface area is 169 Å². The van der Waals surface area contributed by atoms with Crippen molar-refractivity contribution in [3.05, 3.63) is 47.9 Å². The van der Waals surface area contributed by atoms with Crippen molar-refractivity contribution in [2.24, 2.45) is 0 Å². The molecule has 2 heterocycles. The molecule has 3 rings (SSSR count). The van der Waals surface area contributed by atoms with Gasteiger partial charge in [0, 0.05) is 25.4 Å². The summed E-state index contributed by atoms with van der Waals surface area (Å²) >= 11 is 1.58. The molecule has 1 aromatic carbocycles. The summed E-state index contributed by atoms with van der Waals surface area (Å²) in [5.74, 6) is 2.33. The Morgan fingerprint density at radius 1 is 1.29 bits per heavy atom. The minimum Gasteiger partial charge on any atom is -0.496 e. The monoisotopic (exact) mass is 424 g/mol. The van der Waals surface area contributed by atoms with E-state index in [9.17, 15) is 13.2 Å². The molecule has 0 spiro atoms. The second-order valence-electron chi connectivity index (χ2n) is 6.39.